The fourth-order valence-electron chi connectivity index (χ4n) is 3.11. The Kier molecular flexibility index (Phi) is 7.41. The molecule has 0 aliphatic heterocycles. The summed E-state index contributed by atoms with van der Waals surface area (Å²) < 4.78 is 11.5. The van der Waals surface area contributed by atoms with E-state index in [0.29, 0.717) is 23.8 Å². The number of carbonyl (C=O) groups excluding carboxylic acids is 1. The van der Waals surface area contributed by atoms with Gasteiger partial charge in [-0.3, -0.25) is 4.79 Å². The van der Waals surface area contributed by atoms with Crippen molar-refractivity contribution in [3.8, 4) is 11.6 Å². The molecule has 3 N–H and O–H groups in total. The summed E-state index contributed by atoms with van der Waals surface area (Å²) in [6, 6.07) is 15.5. The van der Waals surface area contributed by atoms with Crippen LogP contribution in [0.5, 0.6) is 5.75 Å². The summed E-state index contributed by atoms with van der Waals surface area (Å²) in [6.07, 6.45) is 0. The molecule has 11 nitrogen and oxygen atoms in total. The van der Waals surface area contributed by atoms with Gasteiger partial charge in [-0.25, -0.2) is 10.1 Å². The van der Waals surface area contributed by atoms with E-state index in [1.165, 1.54) is 16.4 Å². The zero-order valence-corrected chi connectivity index (χ0v) is 20.2. The molecule has 0 atom stereocenters. The number of nitrogens with zero attached hydrogens (tertiary/aromatic N) is 6. The van der Waals surface area contributed by atoms with Crippen molar-refractivity contribution in [3.63, 3.8) is 0 Å². The van der Waals surface area contributed by atoms with Gasteiger partial charge >= 0.3 is 0 Å². The third kappa shape index (κ3) is 5.66. The molecule has 0 aliphatic carbocycles. The van der Waals surface area contributed by atoms with Gasteiger partial charge in [0.2, 0.25) is 11.6 Å². The Morgan fingerprint density at radius 3 is 2.57 bits per heavy atom. The Hall–Kier alpha value is -4.19. The Morgan fingerprint density at radius 2 is 1.91 bits per heavy atom. The maximum atomic E-state index is 13.0. The second-order valence-electron chi connectivity index (χ2n) is 7.47. The third-order valence-corrected chi connectivity index (χ3v) is 6.00. The molecule has 180 valence electrons. The van der Waals surface area contributed by atoms with Crippen molar-refractivity contribution in [1.29, 1.82) is 0 Å². The minimum atomic E-state index is -0.518. The van der Waals surface area contributed by atoms with Crippen LogP contribution in [0.1, 0.15) is 41.2 Å². The predicted molar refractivity (Wildman–Crippen MR) is 132 cm³/mol. The van der Waals surface area contributed by atoms with E-state index in [1.54, 1.807) is 6.92 Å². The van der Waals surface area contributed by atoms with Crippen LogP contribution in [0.2, 0.25) is 0 Å². The van der Waals surface area contributed by atoms with Crippen LogP contribution in [0.3, 0.4) is 0 Å². The van der Waals surface area contributed by atoms with E-state index in [1.807, 2.05) is 62.4 Å². The number of aromatic nitrogens is 5. The molecule has 0 radical (unpaired) electrons. The molecule has 2 heterocycles. The summed E-state index contributed by atoms with van der Waals surface area (Å²) in [5, 5.41) is 19.7. The molecule has 0 unspecified atom stereocenters. The number of amides is 1. The van der Waals surface area contributed by atoms with Gasteiger partial charge in [-0.1, -0.05) is 22.9 Å². The van der Waals surface area contributed by atoms with Gasteiger partial charge in [0.25, 0.3) is 5.91 Å². The van der Waals surface area contributed by atoms with Gasteiger partial charge in [-0.05, 0) is 73.0 Å². The number of nitrogens with two attached hydrogens (primary N) is 1. The highest BCUT2D eigenvalue weighted by atomic mass is 32.2. The molecular formula is C23H24N8O3S. The second kappa shape index (κ2) is 10.8. The summed E-state index contributed by atoms with van der Waals surface area (Å²) in [4.78, 5) is 14.0. The number of benzene rings is 2. The minimum Gasteiger partial charge on any atom is -0.494 e. The summed E-state index contributed by atoms with van der Waals surface area (Å²) in [7, 11) is 0. The first-order valence-corrected chi connectivity index (χ1v) is 11.7. The van der Waals surface area contributed by atoms with Crippen molar-refractivity contribution in [2.45, 2.75) is 31.4 Å². The summed E-state index contributed by atoms with van der Waals surface area (Å²) in [5.74, 6) is 0.809. The number of carbonyl (C=O) groups is 1. The lowest BCUT2D eigenvalue weighted by atomic mass is 10.1. The van der Waals surface area contributed by atoms with Crippen molar-refractivity contribution in [2.75, 3.05) is 12.3 Å². The number of rotatable bonds is 9. The minimum absolute atomic E-state index is 0.0350. The molecule has 0 fully saturated rings. The van der Waals surface area contributed by atoms with Crippen molar-refractivity contribution >= 4 is 29.2 Å². The molecule has 35 heavy (non-hydrogen) atoms. The summed E-state index contributed by atoms with van der Waals surface area (Å²) in [6.45, 7) is 6.33. The SMILES string of the molecule is CCOc1ccc(/C(C)=N\NC(=O)c2nnn(-c3nonc3N)c2CSc2ccc(C)cc2)cc1. The molecule has 0 aliphatic rings. The third-order valence-electron chi connectivity index (χ3n) is 4.98. The molecule has 0 bridgehead atoms. The number of aryl methyl sites for hydroxylation is 1. The highest BCUT2D eigenvalue weighted by Crippen LogP contribution is 2.26. The van der Waals surface area contributed by atoms with Crippen molar-refractivity contribution < 1.29 is 14.2 Å². The van der Waals surface area contributed by atoms with Crippen LogP contribution in [-0.2, 0) is 5.75 Å². The maximum Gasteiger partial charge on any atom is 0.293 e. The van der Waals surface area contributed by atoms with Gasteiger partial charge in [-0.2, -0.15) is 9.78 Å². The fraction of sp³-hybridized carbons (Fsp3) is 0.217. The van der Waals surface area contributed by atoms with Gasteiger partial charge in [0.1, 0.15) is 5.75 Å². The molecule has 12 heteroatoms. The average molecular weight is 493 g/mol. The number of anilines is 1. The number of hydrogen-bond acceptors (Lipinski definition) is 10. The molecule has 4 rings (SSSR count). The Labute approximate surface area is 205 Å². The van der Waals surface area contributed by atoms with E-state index in [4.69, 9.17) is 15.1 Å². The molecule has 4 aromatic rings. The van der Waals surface area contributed by atoms with Gasteiger partial charge in [-0.15, -0.1) is 16.9 Å². The van der Waals surface area contributed by atoms with Gasteiger partial charge in [0, 0.05) is 10.6 Å². The summed E-state index contributed by atoms with van der Waals surface area (Å²) >= 11 is 1.51. The van der Waals surface area contributed by atoms with Crippen LogP contribution in [-0.4, -0.2) is 43.5 Å². The number of thioether (sulfide) groups is 1. The molecule has 0 saturated heterocycles. The van der Waals surface area contributed by atoms with Crippen LogP contribution < -0.4 is 15.9 Å². The van der Waals surface area contributed by atoms with Crippen LogP contribution in [0.15, 0.2) is 63.2 Å². The van der Waals surface area contributed by atoms with E-state index < -0.39 is 5.91 Å². The monoisotopic (exact) mass is 492 g/mol. The number of nitrogens with one attached hydrogen (secondary N) is 1. The molecule has 0 saturated carbocycles. The Balaban J connectivity index is 1.56. The number of nitrogen functional groups attached to an aromatic ring is 1. The fourth-order valence-corrected chi connectivity index (χ4v) is 4.00. The van der Waals surface area contributed by atoms with E-state index in [-0.39, 0.29) is 17.3 Å². The van der Waals surface area contributed by atoms with Crippen molar-refractivity contribution in [1.82, 2.24) is 30.7 Å². The number of ether oxygens (including phenoxy) is 1. The van der Waals surface area contributed by atoms with Crippen LogP contribution in [0, 0.1) is 6.92 Å². The largest absolute Gasteiger partial charge is 0.494 e. The molecule has 1 amide bonds. The van der Waals surface area contributed by atoms with E-state index in [0.717, 1.165) is 21.8 Å². The normalized spacial score (nSPS) is 11.5. The predicted octanol–water partition coefficient (Wildman–Crippen LogP) is 3.39. The van der Waals surface area contributed by atoms with E-state index >= 15 is 0 Å². The Bertz CT molecular complexity index is 1330. The Morgan fingerprint density at radius 1 is 1.17 bits per heavy atom. The van der Waals surface area contributed by atoms with E-state index in [2.05, 4.69) is 31.2 Å². The number of hydrazone groups is 1. The van der Waals surface area contributed by atoms with Crippen LogP contribution in [0.4, 0.5) is 5.82 Å². The first-order chi connectivity index (χ1) is 17.0. The second-order valence-corrected chi connectivity index (χ2v) is 8.52. The highest BCUT2D eigenvalue weighted by molar-refractivity contribution is 7.98. The van der Waals surface area contributed by atoms with Gasteiger partial charge in [0.05, 0.1) is 18.0 Å². The number of hydrogen-bond donors (Lipinski definition) is 2. The van der Waals surface area contributed by atoms with Gasteiger partial charge < -0.3 is 10.5 Å². The van der Waals surface area contributed by atoms with Crippen LogP contribution in [0.25, 0.3) is 5.82 Å². The van der Waals surface area contributed by atoms with Gasteiger partial charge in [0.15, 0.2) is 5.69 Å². The lowest BCUT2D eigenvalue weighted by molar-refractivity contribution is 0.0949. The zero-order chi connectivity index (χ0) is 24.8. The quantitative estimate of drug-likeness (QED) is 0.204. The standard InChI is InChI=1S/C23H24N8O3S/c1-4-33-17-9-7-16(8-10-17)15(3)25-27-23(32)20-19(13-35-18-11-5-14(2)6-12-18)31(30-26-20)22-21(24)28-34-29-22/h5-12H,4,13H2,1-3H3,(H2,24,28)(H,27,32)/b25-15-. The molecule has 2 aromatic carbocycles. The van der Waals surface area contributed by atoms with Crippen LogP contribution >= 0.6 is 11.8 Å². The lowest BCUT2D eigenvalue weighted by Gasteiger charge is -2.07. The topological polar surface area (TPSA) is 146 Å². The summed E-state index contributed by atoms with van der Waals surface area (Å²) in [5.41, 5.74) is 11.6. The van der Waals surface area contributed by atoms with E-state index in [9.17, 15) is 4.79 Å². The highest BCUT2D eigenvalue weighted by Gasteiger charge is 2.24. The lowest BCUT2D eigenvalue weighted by Crippen LogP contribution is -2.21. The first-order valence-electron chi connectivity index (χ1n) is 10.8. The average Bonchev–Trinajstić information content (AvgIpc) is 3.48. The molecule has 2 aromatic heterocycles. The van der Waals surface area contributed by atoms with Crippen molar-refractivity contribution in [3.05, 3.63) is 71.0 Å². The first kappa shape index (κ1) is 24.0. The van der Waals surface area contributed by atoms with Crippen molar-refractivity contribution in [2.24, 2.45) is 5.10 Å². The smallest absolute Gasteiger partial charge is 0.293 e. The molecular weight excluding hydrogens is 468 g/mol. The zero-order valence-electron chi connectivity index (χ0n) is 19.4. The maximum absolute atomic E-state index is 13.0. The molecule has 0 spiro atoms.